The Balaban J connectivity index is 0.00000274. The zero-order valence-electron chi connectivity index (χ0n) is 19.4. The number of benzene rings is 2. The van der Waals surface area contributed by atoms with Gasteiger partial charge in [-0.15, -0.1) is 12.4 Å². The predicted octanol–water partition coefficient (Wildman–Crippen LogP) is 4.30. The van der Waals surface area contributed by atoms with Gasteiger partial charge in [0.25, 0.3) is 0 Å². The van der Waals surface area contributed by atoms with Gasteiger partial charge in [-0.1, -0.05) is 18.2 Å². The van der Waals surface area contributed by atoms with Crippen LogP contribution in [0.4, 0.5) is 4.39 Å². The molecule has 2 atom stereocenters. The van der Waals surface area contributed by atoms with Gasteiger partial charge in [-0.2, -0.15) is 0 Å². The quantitative estimate of drug-likeness (QED) is 0.486. The summed E-state index contributed by atoms with van der Waals surface area (Å²) >= 11 is 0. The molecule has 5 nitrogen and oxygen atoms in total. The molecule has 2 aliphatic carbocycles. The SMILES string of the molecule is Cl.O=S(=O)(CC1CC1)NCCOc1ccc2c(c1)C(Cc1cccc(F)c1)C(N1CCC1)CC2. The minimum atomic E-state index is -3.21. The number of hydrogen-bond acceptors (Lipinski definition) is 4. The number of aryl methyl sites for hydroxylation is 1. The van der Waals surface area contributed by atoms with Gasteiger partial charge in [0.2, 0.25) is 10.0 Å². The van der Waals surface area contributed by atoms with Crippen LogP contribution in [0.1, 0.15) is 48.3 Å². The van der Waals surface area contributed by atoms with Crippen LogP contribution in [0, 0.1) is 11.7 Å². The number of rotatable bonds is 10. The molecule has 0 bridgehead atoms. The molecule has 2 fully saturated rings. The molecule has 186 valence electrons. The average molecular weight is 509 g/mol. The van der Waals surface area contributed by atoms with Crippen molar-refractivity contribution in [2.45, 2.75) is 50.5 Å². The van der Waals surface area contributed by atoms with Gasteiger partial charge in [0.1, 0.15) is 18.2 Å². The number of likely N-dealkylation sites (tertiary alicyclic amines) is 1. The van der Waals surface area contributed by atoms with Crippen molar-refractivity contribution < 1.29 is 17.5 Å². The van der Waals surface area contributed by atoms with Crippen LogP contribution in [0.3, 0.4) is 0 Å². The Hall–Kier alpha value is -1.67. The van der Waals surface area contributed by atoms with Gasteiger partial charge in [-0.05, 0) is 98.5 Å². The first kappa shape index (κ1) is 25.4. The minimum absolute atomic E-state index is 0. The standard InChI is InChI=1S/C26H33FN2O3S.ClH/c27-22-4-1-3-20(15-22)16-25-24-17-23(32-14-11-28-33(30,31)18-19-5-6-19)9-7-21(24)8-10-26(25)29-12-2-13-29;/h1,3-4,7,9,15,17,19,25-26,28H,2,5-6,8,10-14,16,18H2;1H. The van der Waals surface area contributed by atoms with Crippen LogP contribution < -0.4 is 9.46 Å². The van der Waals surface area contributed by atoms with Gasteiger partial charge in [-0.25, -0.2) is 17.5 Å². The highest BCUT2D eigenvalue weighted by Gasteiger charge is 2.36. The van der Waals surface area contributed by atoms with Crippen molar-refractivity contribution in [2.24, 2.45) is 5.92 Å². The lowest BCUT2D eigenvalue weighted by atomic mass is 9.75. The molecule has 0 radical (unpaired) electrons. The van der Waals surface area contributed by atoms with Crippen LogP contribution in [0.25, 0.3) is 0 Å². The zero-order valence-corrected chi connectivity index (χ0v) is 21.1. The number of ether oxygens (including phenoxy) is 1. The molecule has 1 saturated heterocycles. The van der Waals surface area contributed by atoms with E-state index in [0.29, 0.717) is 18.6 Å². The van der Waals surface area contributed by atoms with E-state index in [-0.39, 0.29) is 36.4 Å². The molecule has 2 aromatic rings. The summed E-state index contributed by atoms with van der Waals surface area (Å²) in [5, 5.41) is 0. The van der Waals surface area contributed by atoms with E-state index in [1.807, 2.05) is 12.1 Å². The van der Waals surface area contributed by atoms with Crippen molar-refractivity contribution in [3.63, 3.8) is 0 Å². The van der Waals surface area contributed by atoms with Crippen LogP contribution in [0.15, 0.2) is 42.5 Å². The highest BCUT2D eigenvalue weighted by Crippen LogP contribution is 2.40. The van der Waals surface area contributed by atoms with E-state index in [1.54, 1.807) is 12.1 Å². The molecule has 0 spiro atoms. The van der Waals surface area contributed by atoms with Gasteiger partial charge in [0, 0.05) is 18.5 Å². The van der Waals surface area contributed by atoms with Crippen molar-refractivity contribution in [3.8, 4) is 5.75 Å². The Labute approximate surface area is 208 Å². The van der Waals surface area contributed by atoms with Crippen molar-refractivity contribution in [1.29, 1.82) is 0 Å². The third-order valence-electron chi connectivity index (χ3n) is 7.24. The van der Waals surface area contributed by atoms with Gasteiger partial charge >= 0.3 is 0 Å². The summed E-state index contributed by atoms with van der Waals surface area (Å²) in [7, 11) is -3.21. The van der Waals surface area contributed by atoms with Crippen molar-refractivity contribution >= 4 is 22.4 Å². The molecule has 3 aliphatic rings. The maximum absolute atomic E-state index is 13.9. The normalized spacial score (nSPS) is 22.4. The molecule has 2 aromatic carbocycles. The lowest BCUT2D eigenvalue weighted by molar-refractivity contribution is 0.0876. The molecule has 34 heavy (non-hydrogen) atoms. The third kappa shape index (κ3) is 6.30. The topological polar surface area (TPSA) is 58.6 Å². The fourth-order valence-electron chi connectivity index (χ4n) is 5.24. The van der Waals surface area contributed by atoms with Gasteiger partial charge in [0.05, 0.1) is 5.75 Å². The maximum atomic E-state index is 13.9. The summed E-state index contributed by atoms with van der Waals surface area (Å²) in [5.41, 5.74) is 3.65. The van der Waals surface area contributed by atoms with Crippen molar-refractivity contribution in [2.75, 3.05) is 32.0 Å². The van der Waals surface area contributed by atoms with Crippen LogP contribution in [-0.2, 0) is 22.9 Å². The Morgan fingerprint density at radius 3 is 2.62 bits per heavy atom. The molecule has 1 saturated carbocycles. The van der Waals surface area contributed by atoms with E-state index in [1.165, 1.54) is 23.6 Å². The summed E-state index contributed by atoms with van der Waals surface area (Å²) in [6.45, 7) is 2.84. The second-order valence-corrected chi connectivity index (χ2v) is 11.6. The number of nitrogens with one attached hydrogen (secondary N) is 1. The summed E-state index contributed by atoms with van der Waals surface area (Å²) in [6, 6.07) is 13.7. The third-order valence-corrected chi connectivity index (χ3v) is 8.79. The van der Waals surface area contributed by atoms with E-state index in [9.17, 15) is 12.8 Å². The second-order valence-electron chi connectivity index (χ2n) is 9.76. The largest absolute Gasteiger partial charge is 0.492 e. The van der Waals surface area contributed by atoms with Gasteiger partial charge in [-0.3, -0.25) is 4.90 Å². The molecule has 1 heterocycles. The van der Waals surface area contributed by atoms with Gasteiger partial charge < -0.3 is 4.74 Å². The van der Waals surface area contributed by atoms with Crippen molar-refractivity contribution in [3.05, 3.63) is 65.0 Å². The molecule has 0 amide bonds. The Bertz CT molecular complexity index is 1090. The van der Waals surface area contributed by atoms with E-state index in [2.05, 4.69) is 21.8 Å². The second kappa shape index (κ2) is 10.9. The molecule has 1 N–H and O–H groups in total. The number of fused-ring (bicyclic) bond motifs is 1. The molecule has 2 unspecified atom stereocenters. The van der Waals surface area contributed by atoms with E-state index in [4.69, 9.17) is 4.74 Å². The monoisotopic (exact) mass is 508 g/mol. The zero-order chi connectivity index (χ0) is 22.8. The molecular formula is C26H34ClFN2O3S. The lowest BCUT2D eigenvalue weighted by Gasteiger charge is -2.45. The highest BCUT2D eigenvalue weighted by atomic mass is 35.5. The highest BCUT2D eigenvalue weighted by molar-refractivity contribution is 7.89. The number of sulfonamides is 1. The molecule has 5 rings (SSSR count). The van der Waals surface area contributed by atoms with E-state index >= 15 is 0 Å². The summed E-state index contributed by atoms with van der Waals surface area (Å²) in [5.74, 6) is 1.43. The maximum Gasteiger partial charge on any atom is 0.211 e. The first-order chi connectivity index (χ1) is 16.0. The smallest absolute Gasteiger partial charge is 0.211 e. The first-order valence-corrected chi connectivity index (χ1v) is 13.8. The molecule has 1 aliphatic heterocycles. The summed E-state index contributed by atoms with van der Waals surface area (Å²) < 4.78 is 46.6. The summed E-state index contributed by atoms with van der Waals surface area (Å²) in [4.78, 5) is 2.56. The van der Waals surface area contributed by atoms with Crippen LogP contribution in [0.5, 0.6) is 5.75 Å². The van der Waals surface area contributed by atoms with Crippen LogP contribution in [-0.4, -0.2) is 51.4 Å². The Morgan fingerprint density at radius 1 is 1.09 bits per heavy atom. The van der Waals surface area contributed by atoms with E-state index < -0.39 is 10.0 Å². The average Bonchev–Trinajstić information content (AvgIpc) is 3.55. The molecule has 8 heteroatoms. The van der Waals surface area contributed by atoms with Gasteiger partial charge in [0.15, 0.2) is 0 Å². The molecule has 0 aromatic heterocycles. The van der Waals surface area contributed by atoms with Crippen LogP contribution >= 0.6 is 12.4 Å². The Morgan fingerprint density at radius 2 is 1.91 bits per heavy atom. The fraction of sp³-hybridized carbons (Fsp3) is 0.538. The molecular weight excluding hydrogens is 475 g/mol. The van der Waals surface area contributed by atoms with E-state index in [0.717, 1.165) is 56.5 Å². The first-order valence-electron chi connectivity index (χ1n) is 12.2. The number of hydrogen-bond donors (Lipinski definition) is 1. The van der Waals surface area contributed by atoms with Crippen molar-refractivity contribution in [1.82, 2.24) is 9.62 Å². The number of halogens is 2. The fourth-order valence-corrected chi connectivity index (χ4v) is 6.71. The van der Waals surface area contributed by atoms with Crippen LogP contribution in [0.2, 0.25) is 0 Å². The number of nitrogens with zero attached hydrogens (tertiary/aromatic N) is 1. The predicted molar refractivity (Wildman–Crippen MR) is 135 cm³/mol. The minimum Gasteiger partial charge on any atom is -0.492 e. The Kier molecular flexibility index (Phi) is 8.18. The lowest BCUT2D eigenvalue weighted by Crippen LogP contribution is -2.49. The summed E-state index contributed by atoms with van der Waals surface area (Å²) in [6.07, 6.45) is 6.24.